The molecule has 0 aliphatic heterocycles. The Labute approximate surface area is 155 Å². The van der Waals surface area contributed by atoms with Crippen LogP contribution in [0, 0.1) is 0 Å². The van der Waals surface area contributed by atoms with Gasteiger partial charge in [-0.05, 0) is 59.0 Å². The smallest absolute Gasteiger partial charge is 0.303 e. The van der Waals surface area contributed by atoms with Gasteiger partial charge in [0, 0.05) is 6.42 Å². The van der Waals surface area contributed by atoms with Crippen molar-refractivity contribution in [1.82, 2.24) is 5.32 Å². The molecule has 3 heteroatoms. The maximum atomic E-state index is 10.3. The number of hydrogen-bond donors (Lipinski definition) is 2. The lowest BCUT2D eigenvalue weighted by Gasteiger charge is -1.90. The molecule has 0 fully saturated rings. The van der Waals surface area contributed by atoms with E-state index in [1.54, 1.807) is 0 Å². The Morgan fingerprint density at radius 1 is 0.760 bits per heavy atom. The van der Waals surface area contributed by atoms with Crippen molar-refractivity contribution in [2.75, 3.05) is 14.1 Å². The van der Waals surface area contributed by atoms with Gasteiger partial charge in [0.1, 0.15) is 0 Å². The van der Waals surface area contributed by atoms with Gasteiger partial charge in [0.25, 0.3) is 0 Å². The van der Waals surface area contributed by atoms with Gasteiger partial charge < -0.3 is 10.4 Å². The monoisotopic (exact) mass is 349 g/mol. The van der Waals surface area contributed by atoms with E-state index in [2.05, 4.69) is 60.8 Å². The minimum absolute atomic E-state index is 0.262. The highest BCUT2D eigenvalue weighted by molar-refractivity contribution is 5.66. The number of hydrogen-bond acceptors (Lipinski definition) is 2. The summed E-state index contributed by atoms with van der Waals surface area (Å²) in [5.41, 5.74) is 0. The Kier molecular flexibility index (Phi) is 25.3. The van der Waals surface area contributed by atoms with E-state index in [9.17, 15) is 4.79 Å². The van der Waals surface area contributed by atoms with E-state index < -0.39 is 5.97 Å². The topological polar surface area (TPSA) is 49.3 Å². The standard InChI is InChI=1S/C20H32O2.C2H7N/c1-2-3-4-5-6-7-8-9-10-11-12-13-14-15-16-17-18-19-20(21)22;1-3-2/h6-7,9-10,12-13,15-16H,2-5,8,11,14,17-19H2,1H3,(H,21,22);3H,1-2H3/b7-6-,10-9-,13-12-,16-15-;. The summed E-state index contributed by atoms with van der Waals surface area (Å²) in [7, 11) is 3.75. The van der Waals surface area contributed by atoms with Crippen molar-refractivity contribution in [2.45, 2.75) is 71.1 Å². The summed E-state index contributed by atoms with van der Waals surface area (Å²) < 4.78 is 0. The minimum Gasteiger partial charge on any atom is -0.481 e. The predicted octanol–water partition coefficient (Wildman–Crippen LogP) is 6.05. The second-order valence-corrected chi connectivity index (χ2v) is 5.87. The highest BCUT2D eigenvalue weighted by atomic mass is 16.4. The molecule has 3 nitrogen and oxygen atoms in total. The van der Waals surface area contributed by atoms with E-state index in [4.69, 9.17) is 5.11 Å². The van der Waals surface area contributed by atoms with E-state index >= 15 is 0 Å². The lowest BCUT2D eigenvalue weighted by molar-refractivity contribution is -0.137. The molecule has 25 heavy (non-hydrogen) atoms. The van der Waals surface area contributed by atoms with Crippen LogP contribution in [0.1, 0.15) is 71.1 Å². The Bertz CT molecular complexity index is 381. The fraction of sp³-hybridized carbons (Fsp3) is 0.591. The van der Waals surface area contributed by atoms with Crippen LogP contribution in [0.25, 0.3) is 0 Å². The van der Waals surface area contributed by atoms with E-state index in [0.29, 0.717) is 0 Å². The molecule has 0 amide bonds. The Hall–Kier alpha value is -1.61. The summed E-state index contributed by atoms with van der Waals surface area (Å²) in [6.07, 6.45) is 27.3. The lowest BCUT2D eigenvalue weighted by Crippen LogP contribution is -1.92. The van der Waals surface area contributed by atoms with Crippen molar-refractivity contribution in [1.29, 1.82) is 0 Å². The molecule has 0 unspecified atom stereocenters. The predicted molar refractivity (Wildman–Crippen MR) is 111 cm³/mol. The number of unbranched alkanes of at least 4 members (excludes halogenated alkanes) is 4. The SMILES string of the molecule is CCCCC/C=C\C/C=C\C/C=C\C/C=C\CCCC(=O)O.CNC. The molecular formula is C22H39NO2. The van der Waals surface area contributed by atoms with Gasteiger partial charge in [-0.25, -0.2) is 0 Å². The summed E-state index contributed by atoms with van der Waals surface area (Å²) >= 11 is 0. The number of nitrogens with one attached hydrogen (secondary N) is 1. The van der Waals surface area contributed by atoms with Crippen LogP contribution < -0.4 is 5.32 Å². The van der Waals surface area contributed by atoms with E-state index in [1.165, 1.54) is 25.7 Å². The molecule has 144 valence electrons. The van der Waals surface area contributed by atoms with Crippen molar-refractivity contribution < 1.29 is 9.90 Å². The zero-order valence-corrected chi connectivity index (χ0v) is 16.5. The maximum Gasteiger partial charge on any atom is 0.303 e. The third kappa shape index (κ3) is 30.8. The number of carbonyl (C=O) groups is 1. The molecular weight excluding hydrogens is 310 g/mol. The summed E-state index contributed by atoms with van der Waals surface area (Å²) in [6.45, 7) is 2.23. The van der Waals surface area contributed by atoms with Gasteiger partial charge in [-0.3, -0.25) is 4.79 Å². The highest BCUT2D eigenvalue weighted by Crippen LogP contribution is 2.01. The molecule has 2 N–H and O–H groups in total. The van der Waals surface area contributed by atoms with Gasteiger partial charge in [-0.1, -0.05) is 68.4 Å². The highest BCUT2D eigenvalue weighted by Gasteiger charge is 1.92. The Morgan fingerprint density at radius 3 is 1.56 bits per heavy atom. The van der Waals surface area contributed by atoms with Crippen molar-refractivity contribution in [3.8, 4) is 0 Å². The maximum absolute atomic E-state index is 10.3. The molecule has 0 aromatic carbocycles. The first-order valence-electron chi connectivity index (χ1n) is 9.59. The van der Waals surface area contributed by atoms with Gasteiger partial charge in [0.2, 0.25) is 0 Å². The van der Waals surface area contributed by atoms with Crippen LogP contribution in [0.4, 0.5) is 0 Å². The summed E-state index contributed by atoms with van der Waals surface area (Å²) in [6, 6.07) is 0. The van der Waals surface area contributed by atoms with Crippen LogP contribution in [0.3, 0.4) is 0 Å². The van der Waals surface area contributed by atoms with E-state index in [1.807, 2.05) is 14.1 Å². The van der Waals surface area contributed by atoms with E-state index in [-0.39, 0.29) is 6.42 Å². The number of carboxylic acids is 1. The lowest BCUT2D eigenvalue weighted by atomic mass is 10.2. The molecule has 0 heterocycles. The van der Waals surface area contributed by atoms with Gasteiger partial charge in [0.15, 0.2) is 0 Å². The molecule has 0 aromatic rings. The molecule has 0 spiro atoms. The van der Waals surface area contributed by atoms with Crippen molar-refractivity contribution >= 4 is 5.97 Å². The average Bonchev–Trinajstić information content (AvgIpc) is 2.58. The van der Waals surface area contributed by atoms with Gasteiger partial charge >= 0.3 is 5.97 Å². The van der Waals surface area contributed by atoms with Crippen LogP contribution in [0.5, 0.6) is 0 Å². The zero-order chi connectivity index (χ0) is 19.0. The van der Waals surface area contributed by atoms with Crippen molar-refractivity contribution in [3.05, 3.63) is 48.6 Å². The van der Waals surface area contributed by atoms with Gasteiger partial charge in [0.05, 0.1) is 0 Å². The number of rotatable bonds is 14. The van der Waals surface area contributed by atoms with Crippen LogP contribution >= 0.6 is 0 Å². The third-order valence-electron chi connectivity index (χ3n) is 3.22. The molecule has 0 aliphatic carbocycles. The molecule has 0 radical (unpaired) electrons. The second-order valence-electron chi connectivity index (χ2n) is 5.87. The average molecular weight is 350 g/mol. The first kappa shape index (κ1) is 25.6. The van der Waals surface area contributed by atoms with Gasteiger partial charge in [-0.2, -0.15) is 0 Å². The van der Waals surface area contributed by atoms with Crippen molar-refractivity contribution in [3.63, 3.8) is 0 Å². The van der Waals surface area contributed by atoms with Crippen LogP contribution in [-0.4, -0.2) is 25.2 Å². The summed E-state index contributed by atoms with van der Waals surface area (Å²) in [5, 5.41) is 11.2. The molecule has 0 saturated heterocycles. The molecule has 0 aliphatic rings. The molecule has 0 aromatic heterocycles. The van der Waals surface area contributed by atoms with Crippen LogP contribution in [0.2, 0.25) is 0 Å². The number of carboxylic acid groups (broad SMARTS) is 1. The number of allylic oxidation sites excluding steroid dienone is 8. The first-order valence-corrected chi connectivity index (χ1v) is 9.59. The first-order chi connectivity index (χ1) is 12.2. The molecule has 0 bridgehead atoms. The molecule has 0 atom stereocenters. The quantitative estimate of drug-likeness (QED) is 0.296. The van der Waals surface area contributed by atoms with Crippen LogP contribution in [0.15, 0.2) is 48.6 Å². The van der Waals surface area contributed by atoms with Crippen LogP contribution in [-0.2, 0) is 4.79 Å². The van der Waals surface area contributed by atoms with Crippen molar-refractivity contribution in [2.24, 2.45) is 0 Å². The van der Waals surface area contributed by atoms with E-state index in [0.717, 1.165) is 32.1 Å². The number of aliphatic carboxylic acids is 1. The molecule has 0 rings (SSSR count). The largest absolute Gasteiger partial charge is 0.481 e. The van der Waals surface area contributed by atoms with Gasteiger partial charge in [-0.15, -0.1) is 0 Å². The third-order valence-corrected chi connectivity index (χ3v) is 3.22. The minimum atomic E-state index is -0.712. The zero-order valence-electron chi connectivity index (χ0n) is 16.5. The fourth-order valence-corrected chi connectivity index (χ4v) is 1.93. The Balaban J connectivity index is 0. The normalized spacial score (nSPS) is 11.6. The Morgan fingerprint density at radius 2 is 1.16 bits per heavy atom. The molecule has 0 saturated carbocycles. The summed E-state index contributed by atoms with van der Waals surface area (Å²) in [4.78, 5) is 10.3. The fourth-order valence-electron chi connectivity index (χ4n) is 1.93. The summed E-state index contributed by atoms with van der Waals surface area (Å²) in [5.74, 6) is -0.712. The second kappa shape index (κ2) is 24.6.